The Hall–Kier alpha value is -3.07. The van der Waals surface area contributed by atoms with E-state index in [4.69, 9.17) is 0 Å². The lowest BCUT2D eigenvalue weighted by Crippen LogP contribution is -2.46. The van der Waals surface area contributed by atoms with Crippen molar-refractivity contribution in [2.45, 2.75) is 25.7 Å². The first-order chi connectivity index (χ1) is 14.9. The van der Waals surface area contributed by atoms with Crippen LogP contribution in [0, 0.1) is 0 Å². The van der Waals surface area contributed by atoms with Crippen molar-refractivity contribution in [3.05, 3.63) is 83.7 Å². The standard InChI is InChI=1S/C27H27N3/c1-2-6-24-20(4-1)7-10-27-25-12-9-22(18-21(25)8-11-26(24)27)29-14-16-30(17-15-29)23-5-3-13-28-19-23/h2-3,5-6,8-9,11-13,18-19H,1,4,7,10,14-17H2. The summed E-state index contributed by atoms with van der Waals surface area (Å²) in [5.41, 5.74) is 8.75. The van der Waals surface area contributed by atoms with Gasteiger partial charge in [-0.05, 0) is 77.4 Å². The average molecular weight is 394 g/mol. The van der Waals surface area contributed by atoms with E-state index < -0.39 is 0 Å². The van der Waals surface area contributed by atoms with Gasteiger partial charge in [-0.3, -0.25) is 4.98 Å². The fraction of sp³-hybridized carbons (Fsp3) is 0.296. The maximum Gasteiger partial charge on any atom is 0.0553 e. The largest absolute Gasteiger partial charge is 0.368 e. The Bertz CT molecular complexity index is 1150. The van der Waals surface area contributed by atoms with E-state index in [0.29, 0.717) is 0 Å². The molecule has 0 saturated carbocycles. The SMILES string of the molecule is C1=CC2=C(CC1)CCc1c2ccc2cc(N3CCN(c4cccnc4)CC3)ccc12. The number of aryl methyl sites for hydroxylation is 1. The zero-order valence-electron chi connectivity index (χ0n) is 17.3. The summed E-state index contributed by atoms with van der Waals surface area (Å²) in [4.78, 5) is 9.23. The third-order valence-corrected chi connectivity index (χ3v) is 7.02. The zero-order chi connectivity index (χ0) is 19.9. The van der Waals surface area contributed by atoms with Gasteiger partial charge < -0.3 is 9.80 Å². The third-order valence-electron chi connectivity index (χ3n) is 7.02. The molecule has 0 bridgehead atoms. The first kappa shape index (κ1) is 17.8. The van der Waals surface area contributed by atoms with E-state index in [1.165, 1.54) is 59.0 Å². The predicted octanol–water partition coefficient (Wildman–Crippen LogP) is 5.61. The maximum absolute atomic E-state index is 4.27. The second-order valence-electron chi connectivity index (χ2n) is 8.64. The molecule has 2 aromatic carbocycles. The third kappa shape index (κ3) is 3.00. The number of hydrogen-bond donors (Lipinski definition) is 0. The summed E-state index contributed by atoms with van der Waals surface area (Å²) in [5.74, 6) is 0. The zero-order valence-corrected chi connectivity index (χ0v) is 17.3. The number of rotatable bonds is 2. The number of nitrogens with zero attached hydrogens (tertiary/aromatic N) is 3. The Morgan fingerprint density at radius 1 is 0.800 bits per heavy atom. The molecule has 3 aliphatic rings. The molecule has 6 rings (SSSR count). The molecule has 2 aliphatic carbocycles. The normalized spacial score (nSPS) is 18.5. The van der Waals surface area contributed by atoms with Crippen LogP contribution in [-0.2, 0) is 6.42 Å². The number of benzene rings is 2. The molecule has 3 aromatic rings. The molecule has 0 radical (unpaired) electrons. The van der Waals surface area contributed by atoms with Crippen LogP contribution in [0.1, 0.15) is 30.4 Å². The van der Waals surface area contributed by atoms with Gasteiger partial charge in [0, 0.05) is 38.1 Å². The first-order valence-corrected chi connectivity index (χ1v) is 11.2. The maximum atomic E-state index is 4.27. The van der Waals surface area contributed by atoms with E-state index in [1.807, 2.05) is 18.5 Å². The molecule has 0 atom stereocenters. The van der Waals surface area contributed by atoms with Crippen LogP contribution in [0.3, 0.4) is 0 Å². The van der Waals surface area contributed by atoms with Crippen molar-refractivity contribution in [3.8, 4) is 0 Å². The lowest BCUT2D eigenvalue weighted by molar-refractivity contribution is 0.653. The highest BCUT2D eigenvalue weighted by molar-refractivity contribution is 5.95. The lowest BCUT2D eigenvalue weighted by atomic mass is 9.79. The highest BCUT2D eigenvalue weighted by Gasteiger charge is 2.22. The molecular weight excluding hydrogens is 366 g/mol. The minimum absolute atomic E-state index is 1.04. The topological polar surface area (TPSA) is 19.4 Å². The van der Waals surface area contributed by atoms with Crippen LogP contribution >= 0.6 is 0 Å². The number of piperazine rings is 1. The summed E-state index contributed by atoms with van der Waals surface area (Å²) in [6.07, 6.45) is 13.4. The van der Waals surface area contributed by atoms with Gasteiger partial charge in [0.1, 0.15) is 0 Å². The predicted molar refractivity (Wildman–Crippen MR) is 126 cm³/mol. The van der Waals surface area contributed by atoms with E-state index in [1.54, 1.807) is 11.1 Å². The Kier molecular flexibility index (Phi) is 4.33. The molecule has 3 nitrogen and oxygen atoms in total. The summed E-state index contributed by atoms with van der Waals surface area (Å²) < 4.78 is 0. The van der Waals surface area contributed by atoms with Gasteiger partial charge in [0.05, 0.1) is 11.9 Å². The molecule has 0 unspecified atom stereocenters. The molecule has 0 amide bonds. The van der Waals surface area contributed by atoms with Gasteiger partial charge in [0.2, 0.25) is 0 Å². The summed E-state index contributed by atoms with van der Waals surface area (Å²) in [5, 5.41) is 2.82. The lowest BCUT2D eigenvalue weighted by Gasteiger charge is -2.37. The minimum atomic E-state index is 1.04. The Balaban J connectivity index is 1.27. The van der Waals surface area contributed by atoms with Crippen LogP contribution in [0.4, 0.5) is 11.4 Å². The monoisotopic (exact) mass is 393 g/mol. The molecule has 30 heavy (non-hydrogen) atoms. The smallest absolute Gasteiger partial charge is 0.0553 e. The minimum Gasteiger partial charge on any atom is -0.368 e. The highest BCUT2D eigenvalue weighted by Crippen LogP contribution is 2.40. The van der Waals surface area contributed by atoms with Crippen LogP contribution in [0.25, 0.3) is 16.3 Å². The second-order valence-corrected chi connectivity index (χ2v) is 8.64. The van der Waals surface area contributed by atoms with Crippen molar-refractivity contribution in [1.29, 1.82) is 0 Å². The van der Waals surface area contributed by atoms with Crippen LogP contribution in [0.15, 0.2) is 72.6 Å². The van der Waals surface area contributed by atoms with Crippen LogP contribution < -0.4 is 9.80 Å². The van der Waals surface area contributed by atoms with Crippen molar-refractivity contribution < 1.29 is 0 Å². The van der Waals surface area contributed by atoms with Gasteiger partial charge in [-0.1, -0.05) is 35.9 Å². The molecule has 1 aliphatic heterocycles. The van der Waals surface area contributed by atoms with Gasteiger partial charge in [-0.2, -0.15) is 0 Å². The van der Waals surface area contributed by atoms with E-state index in [9.17, 15) is 0 Å². The van der Waals surface area contributed by atoms with Crippen LogP contribution in [0.2, 0.25) is 0 Å². The second kappa shape index (κ2) is 7.32. The molecule has 0 N–H and O–H groups in total. The van der Waals surface area contributed by atoms with E-state index in [2.05, 4.69) is 63.3 Å². The van der Waals surface area contributed by atoms with Gasteiger partial charge in [-0.25, -0.2) is 0 Å². The number of aromatic nitrogens is 1. The van der Waals surface area contributed by atoms with Crippen LogP contribution in [0.5, 0.6) is 0 Å². The van der Waals surface area contributed by atoms with Crippen LogP contribution in [-0.4, -0.2) is 31.2 Å². The molecule has 1 aromatic heterocycles. The summed E-state index contributed by atoms with van der Waals surface area (Å²) in [6.45, 7) is 4.17. The fourth-order valence-electron chi connectivity index (χ4n) is 5.39. The molecule has 1 saturated heterocycles. The average Bonchev–Trinajstić information content (AvgIpc) is 2.84. The quantitative estimate of drug-likeness (QED) is 0.564. The van der Waals surface area contributed by atoms with Gasteiger partial charge >= 0.3 is 0 Å². The molecule has 150 valence electrons. The molecule has 1 fully saturated rings. The van der Waals surface area contributed by atoms with E-state index in [0.717, 1.165) is 26.2 Å². The Labute approximate surface area is 178 Å². The molecular formula is C27H27N3. The number of pyridine rings is 1. The Morgan fingerprint density at radius 2 is 1.67 bits per heavy atom. The number of anilines is 2. The van der Waals surface area contributed by atoms with E-state index >= 15 is 0 Å². The number of allylic oxidation sites excluding steroid dienone is 4. The summed E-state index contributed by atoms with van der Waals surface area (Å²) in [6, 6.07) is 16.0. The fourth-order valence-corrected chi connectivity index (χ4v) is 5.39. The van der Waals surface area contributed by atoms with E-state index in [-0.39, 0.29) is 0 Å². The number of fused-ring (bicyclic) bond motifs is 4. The van der Waals surface area contributed by atoms with Crippen molar-refractivity contribution in [1.82, 2.24) is 4.98 Å². The van der Waals surface area contributed by atoms with Crippen molar-refractivity contribution in [2.24, 2.45) is 0 Å². The number of hydrogen-bond acceptors (Lipinski definition) is 3. The summed E-state index contributed by atoms with van der Waals surface area (Å²) >= 11 is 0. The van der Waals surface area contributed by atoms with Crippen molar-refractivity contribution in [2.75, 3.05) is 36.0 Å². The summed E-state index contributed by atoms with van der Waals surface area (Å²) in [7, 11) is 0. The van der Waals surface area contributed by atoms with Gasteiger partial charge in [0.15, 0.2) is 0 Å². The van der Waals surface area contributed by atoms with Gasteiger partial charge in [0.25, 0.3) is 0 Å². The Morgan fingerprint density at radius 3 is 2.50 bits per heavy atom. The first-order valence-electron chi connectivity index (χ1n) is 11.2. The highest BCUT2D eigenvalue weighted by atomic mass is 15.3. The molecule has 3 heteroatoms. The van der Waals surface area contributed by atoms with Crippen molar-refractivity contribution in [3.63, 3.8) is 0 Å². The van der Waals surface area contributed by atoms with Crippen molar-refractivity contribution >= 4 is 27.7 Å². The molecule has 0 spiro atoms. The molecule has 2 heterocycles. The van der Waals surface area contributed by atoms with Gasteiger partial charge in [-0.15, -0.1) is 0 Å².